The number of hydrogen-bond donors (Lipinski definition) is 0. The summed E-state index contributed by atoms with van der Waals surface area (Å²) in [6, 6.07) is 25.9. The zero-order chi connectivity index (χ0) is 22.9. The van der Waals surface area contributed by atoms with Gasteiger partial charge in [0.15, 0.2) is 0 Å². The number of aromatic nitrogens is 1. The van der Waals surface area contributed by atoms with Gasteiger partial charge in [-0.25, -0.2) is 0 Å². The fourth-order valence-electron chi connectivity index (χ4n) is 4.70. The van der Waals surface area contributed by atoms with Gasteiger partial charge in [-0.3, -0.25) is 5.01 Å². The number of anilines is 1. The number of fused-ring (bicyclic) bond motifs is 3. The maximum absolute atomic E-state index is 4.93. The highest BCUT2D eigenvalue weighted by atomic mass is 15.4. The fourth-order valence-corrected chi connectivity index (χ4v) is 4.70. The number of para-hydroxylation sites is 2. The predicted molar refractivity (Wildman–Crippen MR) is 144 cm³/mol. The van der Waals surface area contributed by atoms with Crippen molar-refractivity contribution < 1.29 is 0 Å². The monoisotopic (exact) mass is 439 g/mol. The second-order valence-electron chi connectivity index (χ2n) is 8.86. The number of unbranched alkanes of at least 4 members (excludes halogenated alkanes) is 6. The van der Waals surface area contributed by atoms with Gasteiger partial charge in [0.05, 0.1) is 11.9 Å². The van der Waals surface area contributed by atoms with Crippen LogP contribution in [-0.4, -0.2) is 17.3 Å². The minimum Gasteiger partial charge on any atom is -0.341 e. The molecule has 4 rings (SSSR count). The Bertz CT molecular complexity index is 1170. The van der Waals surface area contributed by atoms with Crippen LogP contribution in [0.3, 0.4) is 0 Å². The molecule has 0 saturated carbocycles. The lowest BCUT2D eigenvalue weighted by atomic mass is 10.1. The number of hydrogen-bond acceptors (Lipinski definition) is 2. The number of benzene rings is 3. The number of nitrogens with zero attached hydrogens (tertiary/aromatic N) is 3. The van der Waals surface area contributed by atoms with Crippen LogP contribution in [0.4, 0.5) is 5.69 Å². The second kappa shape index (κ2) is 11.7. The van der Waals surface area contributed by atoms with E-state index in [4.69, 9.17) is 5.10 Å². The van der Waals surface area contributed by atoms with E-state index in [0.717, 1.165) is 24.3 Å². The van der Waals surface area contributed by atoms with E-state index >= 15 is 0 Å². The number of rotatable bonds is 12. The summed E-state index contributed by atoms with van der Waals surface area (Å²) in [5.74, 6) is 0. The van der Waals surface area contributed by atoms with Crippen molar-refractivity contribution in [1.82, 2.24) is 4.57 Å². The summed E-state index contributed by atoms with van der Waals surface area (Å²) >= 11 is 0. The molecule has 1 aromatic heterocycles. The van der Waals surface area contributed by atoms with E-state index < -0.39 is 0 Å². The summed E-state index contributed by atoms with van der Waals surface area (Å²) in [7, 11) is 0. The maximum atomic E-state index is 4.93. The van der Waals surface area contributed by atoms with Gasteiger partial charge in [-0.05, 0) is 49.2 Å². The third-order valence-corrected chi connectivity index (χ3v) is 6.49. The molecule has 0 radical (unpaired) electrons. The van der Waals surface area contributed by atoms with Crippen molar-refractivity contribution in [3.8, 4) is 0 Å². The molecule has 0 unspecified atom stereocenters. The van der Waals surface area contributed by atoms with Crippen molar-refractivity contribution in [2.24, 2.45) is 5.10 Å². The Morgan fingerprint density at radius 1 is 0.727 bits per heavy atom. The van der Waals surface area contributed by atoms with Crippen LogP contribution in [0.25, 0.3) is 21.8 Å². The van der Waals surface area contributed by atoms with Crippen molar-refractivity contribution >= 4 is 33.7 Å². The molecule has 3 heteroatoms. The van der Waals surface area contributed by atoms with Crippen LogP contribution >= 0.6 is 0 Å². The lowest BCUT2D eigenvalue weighted by molar-refractivity contribution is 0.585. The fraction of sp³-hybridized carbons (Fsp3) is 0.367. The van der Waals surface area contributed by atoms with Gasteiger partial charge in [-0.2, -0.15) is 5.10 Å². The molecule has 0 fully saturated rings. The molecule has 0 bridgehead atoms. The minimum atomic E-state index is 0.950. The Morgan fingerprint density at radius 2 is 1.42 bits per heavy atom. The SMILES string of the molecule is CCCCCCCCCN(N=Cc1ccc2c(c1)c1ccccc1n2CC)c1ccccc1. The largest absolute Gasteiger partial charge is 0.341 e. The standard InChI is InChI=1S/C30H37N3/c1-3-5-6-7-8-9-15-22-33(26-16-11-10-12-17-26)31-24-25-20-21-30-28(23-25)27-18-13-14-19-29(27)32(30)4-2/h10-14,16-21,23-24H,3-9,15,22H2,1-2H3. The first kappa shape index (κ1) is 23.1. The lowest BCUT2D eigenvalue weighted by Gasteiger charge is -2.19. The maximum Gasteiger partial charge on any atom is 0.0593 e. The van der Waals surface area contributed by atoms with Gasteiger partial charge in [0, 0.05) is 34.9 Å². The first-order chi connectivity index (χ1) is 16.3. The van der Waals surface area contributed by atoms with Gasteiger partial charge < -0.3 is 4.57 Å². The minimum absolute atomic E-state index is 0.950. The average Bonchev–Trinajstić information content (AvgIpc) is 3.18. The third-order valence-electron chi connectivity index (χ3n) is 6.49. The zero-order valence-electron chi connectivity index (χ0n) is 20.2. The topological polar surface area (TPSA) is 20.5 Å². The number of hydrazone groups is 1. The molecule has 0 atom stereocenters. The molecule has 0 amide bonds. The molecule has 0 spiro atoms. The first-order valence-corrected chi connectivity index (χ1v) is 12.7. The van der Waals surface area contributed by atoms with Crippen LogP contribution < -0.4 is 5.01 Å². The molecular weight excluding hydrogens is 402 g/mol. The smallest absolute Gasteiger partial charge is 0.0593 e. The predicted octanol–water partition coefficient (Wildman–Crippen LogP) is 8.41. The van der Waals surface area contributed by atoms with Gasteiger partial charge in [-0.1, -0.05) is 87.9 Å². The van der Waals surface area contributed by atoms with E-state index in [1.807, 2.05) is 6.21 Å². The average molecular weight is 440 g/mol. The first-order valence-electron chi connectivity index (χ1n) is 12.7. The van der Waals surface area contributed by atoms with E-state index in [1.54, 1.807) is 0 Å². The van der Waals surface area contributed by atoms with Gasteiger partial charge in [0.2, 0.25) is 0 Å². The number of aryl methyl sites for hydroxylation is 1. The van der Waals surface area contributed by atoms with Crippen LogP contribution in [0.15, 0.2) is 77.9 Å². The zero-order valence-corrected chi connectivity index (χ0v) is 20.2. The molecule has 0 N–H and O–H groups in total. The Hall–Kier alpha value is -3.07. The van der Waals surface area contributed by atoms with Crippen molar-refractivity contribution in [3.63, 3.8) is 0 Å². The molecule has 0 aliphatic heterocycles. The Labute approximate surface area is 198 Å². The Kier molecular flexibility index (Phi) is 8.19. The molecular formula is C30H37N3. The molecule has 4 aromatic rings. The highest BCUT2D eigenvalue weighted by Crippen LogP contribution is 2.29. The second-order valence-corrected chi connectivity index (χ2v) is 8.86. The molecule has 33 heavy (non-hydrogen) atoms. The molecule has 3 aromatic carbocycles. The Balaban J connectivity index is 1.51. The van der Waals surface area contributed by atoms with E-state index in [2.05, 4.69) is 96.2 Å². The van der Waals surface area contributed by atoms with E-state index in [-0.39, 0.29) is 0 Å². The van der Waals surface area contributed by atoms with Crippen molar-refractivity contribution in [3.05, 3.63) is 78.4 Å². The quantitative estimate of drug-likeness (QED) is 0.123. The van der Waals surface area contributed by atoms with Gasteiger partial charge in [0.1, 0.15) is 0 Å². The summed E-state index contributed by atoms with van der Waals surface area (Å²) in [5, 5.41) is 9.70. The molecule has 3 nitrogen and oxygen atoms in total. The van der Waals surface area contributed by atoms with E-state index in [0.29, 0.717) is 0 Å². The third kappa shape index (κ3) is 5.65. The normalized spacial score (nSPS) is 11.7. The summed E-state index contributed by atoms with van der Waals surface area (Å²) in [4.78, 5) is 0. The molecule has 172 valence electrons. The highest BCUT2D eigenvalue weighted by Gasteiger charge is 2.09. The van der Waals surface area contributed by atoms with Crippen molar-refractivity contribution in [1.29, 1.82) is 0 Å². The van der Waals surface area contributed by atoms with E-state index in [1.165, 1.54) is 66.8 Å². The van der Waals surface area contributed by atoms with Gasteiger partial charge in [0.25, 0.3) is 0 Å². The van der Waals surface area contributed by atoms with Crippen molar-refractivity contribution in [2.45, 2.75) is 65.3 Å². The summed E-state index contributed by atoms with van der Waals surface area (Å²) in [6.07, 6.45) is 11.2. The van der Waals surface area contributed by atoms with Crippen LogP contribution in [0.2, 0.25) is 0 Å². The summed E-state index contributed by atoms with van der Waals surface area (Å²) in [6.45, 7) is 6.40. The highest BCUT2D eigenvalue weighted by molar-refractivity contribution is 6.09. The lowest BCUT2D eigenvalue weighted by Crippen LogP contribution is -2.18. The molecule has 0 aliphatic rings. The molecule has 0 saturated heterocycles. The molecule has 0 aliphatic carbocycles. The molecule has 1 heterocycles. The van der Waals surface area contributed by atoms with Crippen LogP contribution in [0.5, 0.6) is 0 Å². The van der Waals surface area contributed by atoms with Gasteiger partial charge >= 0.3 is 0 Å². The van der Waals surface area contributed by atoms with Crippen molar-refractivity contribution in [2.75, 3.05) is 11.6 Å². The van der Waals surface area contributed by atoms with Crippen LogP contribution in [0.1, 0.15) is 64.4 Å². The van der Waals surface area contributed by atoms with E-state index in [9.17, 15) is 0 Å². The van der Waals surface area contributed by atoms with Crippen LogP contribution in [0, 0.1) is 0 Å². The summed E-state index contributed by atoms with van der Waals surface area (Å²) in [5.41, 5.74) is 4.89. The van der Waals surface area contributed by atoms with Crippen LogP contribution in [-0.2, 0) is 6.54 Å². The van der Waals surface area contributed by atoms with Gasteiger partial charge in [-0.15, -0.1) is 0 Å². The Morgan fingerprint density at radius 3 is 2.21 bits per heavy atom. The summed E-state index contributed by atoms with van der Waals surface area (Å²) < 4.78 is 2.39.